The number of hydrogen-bond donors (Lipinski definition) is 1. The molecule has 1 aromatic carbocycles. The number of ether oxygens (including phenoxy) is 1. The Bertz CT molecular complexity index is 596. The molecule has 2 aromatic rings. The highest BCUT2D eigenvalue weighted by Crippen LogP contribution is 2.26. The van der Waals surface area contributed by atoms with E-state index in [1.54, 1.807) is 0 Å². The van der Waals surface area contributed by atoms with Gasteiger partial charge >= 0.3 is 0 Å². The van der Waals surface area contributed by atoms with Gasteiger partial charge in [0.05, 0.1) is 0 Å². The monoisotopic (exact) mass is 271 g/mol. The number of nitrogens with zero attached hydrogens (tertiary/aromatic N) is 2. The van der Waals surface area contributed by atoms with Crippen LogP contribution in [-0.2, 0) is 0 Å². The van der Waals surface area contributed by atoms with Gasteiger partial charge in [-0.15, -0.1) is 0 Å². The summed E-state index contributed by atoms with van der Waals surface area (Å²) < 4.78 is 5.90. The standard InChI is InChI=1S/C16H21N3O/c1-5-9-17-15-10-16(19-13(4)18-15)20-14-8-6-7-11(2)12(14)3/h6-8,10H,5,9H2,1-4H3,(H,17,18,19). The minimum absolute atomic E-state index is 0.574. The fourth-order valence-electron chi connectivity index (χ4n) is 1.88. The van der Waals surface area contributed by atoms with Crippen LogP contribution in [-0.4, -0.2) is 16.5 Å². The summed E-state index contributed by atoms with van der Waals surface area (Å²) >= 11 is 0. The van der Waals surface area contributed by atoms with Gasteiger partial charge in [0.25, 0.3) is 0 Å². The van der Waals surface area contributed by atoms with Crippen molar-refractivity contribution in [2.24, 2.45) is 0 Å². The smallest absolute Gasteiger partial charge is 0.224 e. The highest BCUT2D eigenvalue weighted by Gasteiger charge is 2.07. The lowest BCUT2D eigenvalue weighted by Crippen LogP contribution is -2.04. The zero-order chi connectivity index (χ0) is 14.5. The number of benzene rings is 1. The summed E-state index contributed by atoms with van der Waals surface area (Å²) in [4.78, 5) is 8.69. The predicted octanol–water partition coefficient (Wildman–Crippen LogP) is 4.02. The molecule has 0 bridgehead atoms. The molecule has 0 saturated carbocycles. The third-order valence-electron chi connectivity index (χ3n) is 3.14. The molecule has 0 spiro atoms. The zero-order valence-corrected chi connectivity index (χ0v) is 12.5. The van der Waals surface area contributed by atoms with Crippen molar-refractivity contribution in [3.8, 4) is 11.6 Å². The van der Waals surface area contributed by atoms with E-state index in [4.69, 9.17) is 4.74 Å². The maximum atomic E-state index is 5.90. The normalized spacial score (nSPS) is 10.4. The number of aryl methyl sites for hydroxylation is 2. The van der Waals surface area contributed by atoms with Crippen molar-refractivity contribution in [3.05, 3.63) is 41.2 Å². The maximum absolute atomic E-state index is 5.90. The Hall–Kier alpha value is -2.10. The molecule has 0 aliphatic carbocycles. The van der Waals surface area contributed by atoms with E-state index < -0.39 is 0 Å². The van der Waals surface area contributed by atoms with Crippen LogP contribution < -0.4 is 10.1 Å². The van der Waals surface area contributed by atoms with Gasteiger partial charge in [-0.05, 0) is 44.4 Å². The van der Waals surface area contributed by atoms with Crippen LogP contribution in [0.1, 0.15) is 30.3 Å². The molecular formula is C16H21N3O. The van der Waals surface area contributed by atoms with Crippen molar-refractivity contribution in [3.63, 3.8) is 0 Å². The van der Waals surface area contributed by atoms with Crippen LogP contribution in [0.2, 0.25) is 0 Å². The van der Waals surface area contributed by atoms with Crippen LogP contribution in [0.15, 0.2) is 24.3 Å². The Labute approximate surface area is 120 Å². The molecule has 0 unspecified atom stereocenters. The summed E-state index contributed by atoms with van der Waals surface area (Å²) in [6.45, 7) is 9.00. The van der Waals surface area contributed by atoms with Crippen LogP contribution in [0.4, 0.5) is 5.82 Å². The molecule has 0 amide bonds. The van der Waals surface area contributed by atoms with Gasteiger partial charge in [-0.2, -0.15) is 4.98 Å². The van der Waals surface area contributed by atoms with Crippen molar-refractivity contribution in [1.29, 1.82) is 0 Å². The molecule has 0 atom stereocenters. The molecule has 106 valence electrons. The topological polar surface area (TPSA) is 47.0 Å². The van der Waals surface area contributed by atoms with Gasteiger partial charge in [0, 0.05) is 12.6 Å². The molecule has 2 rings (SSSR count). The van der Waals surface area contributed by atoms with Gasteiger partial charge in [0.1, 0.15) is 17.4 Å². The number of anilines is 1. The first-order valence-corrected chi connectivity index (χ1v) is 6.93. The summed E-state index contributed by atoms with van der Waals surface area (Å²) in [6, 6.07) is 7.85. The maximum Gasteiger partial charge on any atom is 0.224 e. The predicted molar refractivity (Wildman–Crippen MR) is 81.5 cm³/mol. The van der Waals surface area contributed by atoms with Gasteiger partial charge < -0.3 is 10.1 Å². The average molecular weight is 271 g/mol. The quantitative estimate of drug-likeness (QED) is 0.892. The first-order chi connectivity index (χ1) is 9.60. The van der Waals surface area contributed by atoms with Gasteiger partial charge in [0.15, 0.2) is 0 Å². The third-order valence-corrected chi connectivity index (χ3v) is 3.14. The second kappa shape index (κ2) is 6.37. The molecule has 1 aromatic heterocycles. The van der Waals surface area contributed by atoms with Crippen LogP contribution >= 0.6 is 0 Å². The van der Waals surface area contributed by atoms with E-state index in [9.17, 15) is 0 Å². The molecule has 1 heterocycles. The molecule has 4 heteroatoms. The third kappa shape index (κ3) is 3.47. The Kier molecular flexibility index (Phi) is 4.56. The van der Waals surface area contributed by atoms with E-state index in [0.29, 0.717) is 11.7 Å². The Balaban J connectivity index is 2.24. The molecule has 4 nitrogen and oxygen atoms in total. The Morgan fingerprint density at radius 2 is 1.95 bits per heavy atom. The molecule has 0 radical (unpaired) electrons. The molecule has 1 N–H and O–H groups in total. The van der Waals surface area contributed by atoms with E-state index in [-0.39, 0.29) is 0 Å². The van der Waals surface area contributed by atoms with Gasteiger partial charge in [-0.25, -0.2) is 4.98 Å². The van der Waals surface area contributed by atoms with Crippen LogP contribution in [0.25, 0.3) is 0 Å². The fraction of sp³-hybridized carbons (Fsp3) is 0.375. The van der Waals surface area contributed by atoms with Crippen molar-refractivity contribution in [1.82, 2.24) is 9.97 Å². The van der Waals surface area contributed by atoms with Crippen LogP contribution in [0.5, 0.6) is 11.6 Å². The number of hydrogen-bond acceptors (Lipinski definition) is 4. The molecule has 0 aliphatic heterocycles. The fourth-order valence-corrected chi connectivity index (χ4v) is 1.88. The van der Waals surface area contributed by atoms with E-state index in [1.807, 2.05) is 25.1 Å². The zero-order valence-electron chi connectivity index (χ0n) is 12.5. The SMILES string of the molecule is CCCNc1cc(Oc2cccc(C)c2C)nc(C)n1. The second-order valence-electron chi connectivity index (χ2n) is 4.87. The summed E-state index contributed by atoms with van der Waals surface area (Å²) in [5, 5.41) is 3.26. The molecular weight excluding hydrogens is 250 g/mol. The number of rotatable bonds is 5. The second-order valence-corrected chi connectivity index (χ2v) is 4.87. The summed E-state index contributed by atoms with van der Waals surface area (Å²) in [5.41, 5.74) is 2.34. The molecule has 20 heavy (non-hydrogen) atoms. The van der Waals surface area contributed by atoms with Gasteiger partial charge in [-0.1, -0.05) is 19.1 Å². The minimum Gasteiger partial charge on any atom is -0.439 e. The van der Waals surface area contributed by atoms with Crippen molar-refractivity contribution < 1.29 is 4.74 Å². The van der Waals surface area contributed by atoms with Gasteiger partial charge in [0.2, 0.25) is 5.88 Å². The number of nitrogens with one attached hydrogen (secondary N) is 1. The average Bonchev–Trinajstić information content (AvgIpc) is 2.41. The van der Waals surface area contributed by atoms with Crippen molar-refractivity contribution in [2.45, 2.75) is 34.1 Å². The lowest BCUT2D eigenvalue weighted by Gasteiger charge is -2.11. The minimum atomic E-state index is 0.574. The van der Waals surface area contributed by atoms with Gasteiger partial charge in [-0.3, -0.25) is 0 Å². The number of aromatic nitrogens is 2. The molecule has 0 saturated heterocycles. The first kappa shape index (κ1) is 14.3. The molecule has 0 aliphatic rings. The highest BCUT2D eigenvalue weighted by molar-refractivity contribution is 5.43. The Morgan fingerprint density at radius 3 is 2.70 bits per heavy atom. The summed E-state index contributed by atoms with van der Waals surface area (Å²) in [7, 11) is 0. The Morgan fingerprint density at radius 1 is 1.15 bits per heavy atom. The van der Waals surface area contributed by atoms with Crippen LogP contribution in [0, 0.1) is 20.8 Å². The largest absolute Gasteiger partial charge is 0.439 e. The van der Waals surface area contributed by atoms with E-state index >= 15 is 0 Å². The highest BCUT2D eigenvalue weighted by atomic mass is 16.5. The van der Waals surface area contributed by atoms with E-state index in [1.165, 1.54) is 5.56 Å². The van der Waals surface area contributed by atoms with Crippen molar-refractivity contribution >= 4 is 5.82 Å². The van der Waals surface area contributed by atoms with E-state index in [2.05, 4.69) is 42.1 Å². The van der Waals surface area contributed by atoms with Crippen molar-refractivity contribution in [2.75, 3.05) is 11.9 Å². The lowest BCUT2D eigenvalue weighted by atomic mass is 10.1. The summed E-state index contributed by atoms with van der Waals surface area (Å²) in [5.74, 6) is 2.92. The molecule has 0 fully saturated rings. The lowest BCUT2D eigenvalue weighted by molar-refractivity contribution is 0.456. The summed E-state index contributed by atoms with van der Waals surface area (Å²) in [6.07, 6.45) is 1.05. The first-order valence-electron chi connectivity index (χ1n) is 6.93. The van der Waals surface area contributed by atoms with Crippen LogP contribution in [0.3, 0.4) is 0 Å². The van der Waals surface area contributed by atoms with E-state index in [0.717, 1.165) is 30.1 Å².